The summed E-state index contributed by atoms with van der Waals surface area (Å²) in [5.41, 5.74) is 2.55. The first-order valence-corrected chi connectivity index (χ1v) is 8.84. The number of rotatable bonds is 7. The summed E-state index contributed by atoms with van der Waals surface area (Å²) in [5.74, 6) is 1.27. The van der Waals surface area contributed by atoms with Gasteiger partial charge in [0.25, 0.3) is 0 Å². The number of nitrogens with zero attached hydrogens (tertiary/aromatic N) is 4. The van der Waals surface area contributed by atoms with Crippen molar-refractivity contribution in [1.29, 1.82) is 0 Å². The van der Waals surface area contributed by atoms with Gasteiger partial charge in [-0.15, -0.1) is 5.10 Å². The number of methoxy groups -OCH3 is 2. The summed E-state index contributed by atoms with van der Waals surface area (Å²) in [6.07, 6.45) is 0. The molecule has 7 nitrogen and oxygen atoms in total. The lowest BCUT2D eigenvalue weighted by Gasteiger charge is -2.09. The molecule has 26 heavy (non-hydrogen) atoms. The van der Waals surface area contributed by atoms with E-state index in [9.17, 15) is 4.79 Å². The summed E-state index contributed by atoms with van der Waals surface area (Å²) in [6.45, 7) is 2.01. The molecular formula is C18H18N4O3S. The van der Waals surface area contributed by atoms with Gasteiger partial charge in [0.05, 0.1) is 25.7 Å². The van der Waals surface area contributed by atoms with Crippen molar-refractivity contribution in [2.75, 3.05) is 20.0 Å². The van der Waals surface area contributed by atoms with E-state index < -0.39 is 0 Å². The third-order valence-electron chi connectivity index (χ3n) is 3.76. The molecule has 3 rings (SSSR count). The number of hydrogen-bond donors (Lipinski definition) is 0. The standard InChI is InChI=1S/C18H18N4O3S/c1-12-4-7-14(8-5-12)22-18(19-20-21-22)26-11-15(23)13-6-9-16(24-2)17(10-13)25-3/h4-10H,11H2,1-3H3. The normalized spacial score (nSPS) is 10.6. The van der Waals surface area contributed by atoms with Gasteiger partial charge < -0.3 is 9.47 Å². The van der Waals surface area contributed by atoms with Crippen LogP contribution in [-0.2, 0) is 0 Å². The SMILES string of the molecule is COc1ccc(C(=O)CSc2nnnn2-c2ccc(C)cc2)cc1OC. The van der Waals surface area contributed by atoms with Crippen molar-refractivity contribution < 1.29 is 14.3 Å². The monoisotopic (exact) mass is 370 g/mol. The maximum atomic E-state index is 12.5. The average molecular weight is 370 g/mol. The van der Waals surface area contributed by atoms with Crippen LogP contribution in [0.2, 0.25) is 0 Å². The topological polar surface area (TPSA) is 79.1 Å². The molecule has 0 saturated carbocycles. The van der Waals surface area contributed by atoms with Crippen LogP contribution in [0.4, 0.5) is 0 Å². The van der Waals surface area contributed by atoms with Crippen LogP contribution in [0.5, 0.6) is 11.5 Å². The Labute approximate surface area is 155 Å². The van der Waals surface area contributed by atoms with E-state index in [1.165, 1.54) is 18.9 Å². The molecule has 0 aliphatic rings. The predicted molar refractivity (Wildman–Crippen MR) is 98.5 cm³/mol. The quantitative estimate of drug-likeness (QED) is 0.467. The molecule has 0 unspecified atom stereocenters. The second-order valence-corrected chi connectivity index (χ2v) is 6.43. The van der Waals surface area contributed by atoms with Gasteiger partial charge in [-0.25, -0.2) is 0 Å². The highest BCUT2D eigenvalue weighted by molar-refractivity contribution is 7.99. The number of carbonyl (C=O) groups excluding carboxylic acids is 1. The van der Waals surface area contributed by atoms with Crippen LogP contribution in [0.3, 0.4) is 0 Å². The van der Waals surface area contributed by atoms with Crippen molar-refractivity contribution in [3.63, 3.8) is 0 Å². The number of thioether (sulfide) groups is 1. The molecule has 0 radical (unpaired) electrons. The zero-order valence-electron chi connectivity index (χ0n) is 14.7. The largest absolute Gasteiger partial charge is 0.493 e. The van der Waals surface area contributed by atoms with Crippen molar-refractivity contribution in [1.82, 2.24) is 20.2 Å². The maximum Gasteiger partial charge on any atom is 0.214 e. The van der Waals surface area contributed by atoms with E-state index in [1.54, 1.807) is 30.0 Å². The van der Waals surface area contributed by atoms with E-state index in [-0.39, 0.29) is 11.5 Å². The zero-order valence-corrected chi connectivity index (χ0v) is 15.5. The van der Waals surface area contributed by atoms with Crippen LogP contribution in [0.15, 0.2) is 47.6 Å². The molecular weight excluding hydrogens is 352 g/mol. The van der Waals surface area contributed by atoms with Gasteiger partial charge in [-0.1, -0.05) is 29.5 Å². The van der Waals surface area contributed by atoms with Crippen LogP contribution in [0.1, 0.15) is 15.9 Å². The number of carbonyl (C=O) groups is 1. The fraction of sp³-hybridized carbons (Fsp3) is 0.222. The van der Waals surface area contributed by atoms with E-state index in [1.807, 2.05) is 31.2 Å². The van der Waals surface area contributed by atoms with E-state index >= 15 is 0 Å². The summed E-state index contributed by atoms with van der Waals surface area (Å²) in [6, 6.07) is 12.9. The number of benzene rings is 2. The summed E-state index contributed by atoms with van der Waals surface area (Å²) in [4.78, 5) is 12.5. The fourth-order valence-electron chi connectivity index (χ4n) is 2.34. The molecule has 0 amide bonds. The molecule has 0 saturated heterocycles. The Bertz CT molecular complexity index is 909. The van der Waals surface area contributed by atoms with Crippen LogP contribution in [0, 0.1) is 6.92 Å². The molecule has 0 N–H and O–H groups in total. The highest BCUT2D eigenvalue weighted by Gasteiger charge is 2.14. The van der Waals surface area contributed by atoms with Gasteiger partial charge in [0, 0.05) is 5.56 Å². The number of aromatic nitrogens is 4. The Morgan fingerprint density at radius 3 is 2.50 bits per heavy atom. The number of hydrogen-bond acceptors (Lipinski definition) is 7. The van der Waals surface area contributed by atoms with Crippen molar-refractivity contribution in [3.8, 4) is 17.2 Å². The molecule has 0 spiro atoms. The van der Waals surface area contributed by atoms with E-state index in [0.717, 1.165) is 11.3 Å². The molecule has 1 aromatic heterocycles. The number of Topliss-reactive ketones (excluding diaryl/α,β-unsaturated/α-hetero) is 1. The highest BCUT2D eigenvalue weighted by Crippen LogP contribution is 2.28. The van der Waals surface area contributed by atoms with E-state index in [0.29, 0.717) is 22.2 Å². The molecule has 3 aromatic rings. The molecule has 0 aliphatic heterocycles. The lowest BCUT2D eigenvalue weighted by molar-refractivity contribution is 0.102. The molecule has 0 aliphatic carbocycles. The summed E-state index contributed by atoms with van der Waals surface area (Å²) in [7, 11) is 3.09. The van der Waals surface area contributed by atoms with Gasteiger partial charge >= 0.3 is 0 Å². The minimum Gasteiger partial charge on any atom is -0.493 e. The fourth-order valence-corrected chi connectivity index (χ4v) is 3.13. The molecule has 1 heterocycles. The molecule has 0 bridgehead atoms. The van der Waals surface area contributed by atoms with E-state index in [4.69, 9.17) is 9.47 Å². The first-order chi connectivity index (χ1) is 12.6. The predicted octanol–water partition coefficient (Wildman–Crippen LogP) is 2.96. The van der Waals surface area contributed by atoms with Crippen molar-refractivity contribution in [2.45, 2.75) is 12.1 Å². The average Bonchev–Trinajstić information content (AvgIpc) is 3.14. The highest BCUT2D eigenvalue weighted by atomic mass is 32.2. The van der Waals surface area contributed by atoms with Gasteiger partial charge in [0.2, 0.25) is 5.16 Å². The molecule has 0 atom stereocenters. The summed E-state index contributed by atoms with van der Waals surface area (Å²) < 4.78 is 12.1. The zero-order chi connectivity index (χ0) is 18.5. The summed E-state index contributed by atoms with van der Waals surface area (Å²) in [5, 5.41) is 12.3. The molecule has 134 valence electrons. The Morgan fingerprint density at radius 2 is 1.81 bits per heavy atom. The first-order valence-electron chi connectivity index (χ1n) is 7.86. The van der Waals surface area contributed by atoms with Gasteiger partial charge in [0.15, 0.2) is 17.3 Å². The van der Waals surface area contributed by atoms with Crippen LogP contribution in [0.25, 0.3) is 5.69 Å². The maximum absolute atomic E-state index is 12.5. The number of ether oxygens (including phenoxy) is 2. The van der Waals surface area contributed by atoms with E-state index in [2.05, 4.69) is 15.5 Å². The molecule has 0 fully saturated rings. The second-order valence-electron chi connectivity index (χ2n) is 5.49. The van der Waals surface area contributed by atoms with Crippen LogP contribution >= 0.6 is 11.8 Å². The number of aryl methyl sites for hydroxylation is 1. The minimum atomic E-state index is -0.0468. The minimum absolute atomic E-state index is 0.0468. The first kappa shape index (κ1) is 17.9. The molecule has 2 aromatic carbocycles. The summed E-state index contributed by atoms with van der Waals surface area (Å²) >= 11 is 1.28. The Hall–Kier alpha value is -2.87. The number of ketones is 1. The smallest absolute Gasteiger partial charge is 0.214 e. The van der Waals surface area contributed by atoms with Gasteiger partial charge in [0.1, 0.15) is 0 Å². The van der Waals surface area contributed by atoms with Gasteiger partial charge in [-0.2, -0.15) is 4.68 Å². The Balaban J connectivity index is 1.73. The van der Waals surface area contributed by atoms with Crippen LogP contribution in [-0.4, -0.2) is 46.0 Å². The van der Waals surface area contributed by atoms with Crippen LogP contribution < -0.4 is 9.47 Å². The third-order valence-corrected chi connectivity index (χ3v) is 4.68. The van der Waals surface area contributed by atoms with Gasteiger partial charge in [-0.3, -0.25) is 4.79 Å². The lowest BCUT2D eigenvalue weighted by Crippen LogP contribution is -2.05. The number of tetrazole rings is 1. The third kappa shape index (κ3) is 3.85. The van der Waals surface area contributed by atoms with Crippen molar-refractivity contribution in [2.24, 2.45) is 0 Å². The van der Waals surface area contributed by atoms with Gasteiger partial charge in [-0.05, 0) is 47.7 Å². The van der Waals surface area contributed by atoms with Crippen molar-refractivity contribution >= 4 is 17.5 Å². The molecule has 8 heteroatoms. The van der Waals surface area contributed by atoms with Crippen molar-refractivity contribution in [3.05, 3.63) is 53.6 Å². The Morgan fingerprint density at radius 1 is 1.08 bits per heavy atom. The second kappa shape index (κ2) is 8.01. The Kier molecular flexibility index (Phi) is 5.52. The lowest BCUT2D eigenvalue weighted by atomic mass is 10.1.